The van der Waals surface area contributed by atoms with E-state index in [1.165, 1.54) is 23.5 Å². The van der Waals surface area contributed by atoms with Crippen molar-refractivity contribution in [2.24, 2.45) is 0 Å². The van der Waals surface area contributed by atoms with Gasteiger partial charge in [0, 0.05) is 16.5 Å². The lowest BCUT2D eigenvalue weighted by Crippen LogP contribution is -2.52. The van der Waals surface area contributed by atoms with E-state index in [-0.39, 0.29) is 18.0 Å². The van der Waals surface area contributed by atoms with E-state index in [0.29, 0.717) is 11.4 Å². The molecule has 7 nitrogen and oxygen atoms in total. The summed E-state index contributed by atoms with van der Waals surface area (Å²) in [5.41, 5.74) is 2.99. The van der Waals surface area contributed by atoms with Crippen LogP contribution in [-0.2, 0) is 11.3 Å². The third kappa shape index (κ3) is 3.59. The predicted octanol–water partition coefficient (Wildman–Crippen LogP) is 3.63. The number of benzene rings is 2. The van der Waals surface area contributed by atoms with Crippen molar-refractivity contribution < 1.29 is 19.5 Å². The van der Waals surface area contributed by atoms with Gasteiger partial charge in [-0.05, 0) is 32.0 Å². The topological polar surface area (TPSA) is 91.8 Å². The SMILES string of the molecule is CC1(C)Oc2ccc(C(=O)NO)cc2N(Cc2csc(-c3ccccc3)n2)C1=O. The normalized spacial score (nSPS) is 14.9. The van der Waals surface area contributed by atoms with Gasteiger partial charge in [0.25, 0.3) is 11.8 Å². The van der Waals surface area contributed by atoms with Gasteiger partial charge in [0.05, 0.1) is 17.9 Å². The minimum atomic E-state index is -1.05. The van der Waals surface area contributed by atoms with Gasteiger partial charge in [-0.3, -0.25) is 19.7 Å². The zero-order valence-corrected chi connectivity index (χ0v) is 16.7. The number of hydroxylamine groups is 1. The van der Waals surface area contributed by atoms with Crippen molar-refractivity contribution in [2.75, 3.05) is 4.90 Å². The number of amides is 2. The second kappa shape index (κ2) is 7.31. The lowest BCUT2D eigenvalue weighted by atomic mass is 10.0. The van der Waals surface area contributed by atoms with Crippen molar-refractivity contribution in [1.29, 1.82) is 0 Å². The minimum absolute atomic E-state index is 0.218. The monoisotopic (exact) mass is 409 g/mol. The number of carbonyl (C=O) groups is 2. The van der Waals surface area contributed by atoms with Gasteiger partial charge < -0.3 is 4.74 Å². The maximum Gasteiger partial charge on any atom is 0.274 e. The Morgan fingerprint density at radius 3 is 2.72 bits per heavy atom. The van der Waals surface area contributed by atoms with Crippen molar-refractivity contribution in [1.82, 2.24) is 10.5 Å². The molecule has 3 aromatic rings. The average molecular weight is 409 g/mol. The molecular formula is C21H19N3O4S. The van der Waals surface area contributed by atoms with Gasteiger partial charge in [-0.25, -0.2) is 10.5 Å². The van der Waals surface area contributed by atoms with Crippen molar-refractivity contribution in [3.05, 3.63) is 65.2 Å². The molecule has 0 aliphatic carbocycles. The Kier molecular flexibility index (Phi) is 4.81. The third-order valence-corrected chi connectivity index (χ3v) is 5.57. The van der Waals surface area contributed by atoms with E-state index in [0.717, 1.165) is 16.3 Å². The minimum Gasteiger partial charge on any atom is -0.476 e. The Balaban J connectivity index is 1.70. The molecular weight excluding hydrogens is 390 g/mol. The smallest absolute Gasteiger partial charge is 0.274 e. The molecule has 148 valence electrons. The Morgan fingerprint density at radius 1 is 1.24 bits per heavy atom. The first-order chi connectivity index (χ1) is 13.9. The number of nitrogens with zero attached hydrogens (tertiary/aromatic N) is 2. The first-order valence-electron chi connectivity index (χ1n) is 8.98. The number of fused-ring (bicyclic) bond motifs is 1. The molecule has 0 unspecified atom stereocenters. The van der Waals surface area contributed by atoms with Crippen LogP contribution in [0.2, 0.25) is 0 Å². The zero-order valence-electron chi connectivity index (χ0n) is 15.9. The van der Waals surface area contributed by atoms with Gasteiger partial charge in [-0.2, -0.15) is 0 Å². The van der Waals surface area contributed by atoms with E-state index in [1.807, 2.05) is 35.7 Å². The molecule has 0 saturated carbocycles. The largest absolute Gasteiger partial charge is 0.476 e. The van der Waals surface area contributed by atoms with Crippen LogP contribution in [0.25, 0.3) is 10.6 Å². The molecule has 2 heterocycles. The highest BCUT2D eigenvalue weighted by Gasteiger charge is 2.41. The van der Waals surface area contributed by atoms with Crippen LogP contribution in [0.4, 0.5) is 5.69 Å². The van der Waals surface area contributed by atoms with Gasteiger partial charge in [0.1, 0.15) is 10.8 Å². The number of carbonyl (C=O) groups excluding carboxylic acids is 2. The van der Waals surface area contributed by atoms with Gasteiger partial charge in [-0.15, -0.1) is 11.3 Å². The van der Waals surface area contributed by atoms with Crippen LogP contribution in [0.5, 0.6) is 5.75 Å². The van der Waals surface area contributed by atoms with Crippen molar-refractivity contribution in [3.8, 4) is 16.3 Å². The molecule has 0 fully saturated rings. The van der Waals surface area contributed by atoms with Gasteiger partial charge in [0.2, 0.25) is 0 Å². The highest BCUT2D eigenvalue weighted by atomic mass is 32.1. The van der Waals surface area contributed by atoms with E-state index < -0.39 is 11.5 Å². The molecule has 0 saturated heterocycles. The molecule has 1 aromatic heterocycles. The Bertz CT molecular complexity index is 1080. The fraction of sp³-hybridized carbons (Fsp3) is 0.190. The maximum absolute atomic E-state index is 13.1. The Hall–Kier alpha value is -3.23. The highest BCUT2D eigenvalue weighted by Crippen LogP contribution is 2.39. The molecule has 1 aliphatic heterocycles. The summed E-state index contributed by atoms with van der Waals surface area (Å²) in [5.74, 6) is -0.409. The second-order valence-corrected chi connectivity index (χ2v) is 8.00. The maximum atomic E-state index is 13.1. The van der Waals surface area contributed by atoms with E-state index in [4.69, 9.17) is 9.94 Å². The second-order valence-electron chi connectivity index (χ2n) is 7.14. The first kappa shape index (κ1) is 19.1. The highest BCUT2D eigenvalue weighted by molar-refractivity contribution is 7.13. The van der Waals surface area contributed by atoms with Crippen LogP contribution in [0.3, 0.4) is 0 Å². The number of anilines is 1. The van der Waals surface area contributed by atoms with E-state index in [9.17, 15) is 9.59 Å². The number of ether oxygens (including phenoxy) is 1. The number of hydrogen-bond donors (Lipinski definition) is 2. The molecule has 0 radical (unpaired) electrons. The van der Waals surface area contributed by atoms with Crippen LogP contribution in [0.1, 0.15) is 29.9 Å². The van der Waals surface area contributed by atoms with Gasteiger partial charge in [0.15, 0.2) is 5.60 Å². The van der Waals surface area contributed by atoms with Crippen LogP contribution < -0.4 is 15.1 Å². The Morgan fingerprint density at radius 2 is 2.00 bits per heavy atom. The summed E-state index contributed by atoms with van der Waals surface area (Å²) >= 11 is 1.51. The fourth-order valence-corrected chi connectivity index (χ4v) is 4.00. The number of rotatable bonds is 4. The van der Waals surface area contributed by atoms with E-state index in [1.54, 1.807) is 30.3 Å². The van der Waals surface area contributed by atoms with Crippen LogP contribution >= 0.6 is 11.3 Å². The summed E-state index contributed by atoms with van der Waals surface area (Å²) in [6.07, 6.45) is 0. The summed E-state index contributed by atoms with van der Waals surface area (Å²) in [5, 5.41) is 11.7. The predicted molar refractivity (Wildman–Crippen MR) is 109 cm³/mol. The van der Waals surface area contributed by atoms with Gasteiger partial charge >= 0.3 is 0 Å². The van der Waals surface area contributed by atoms with Crippen molar-refractivity contribution in [2.45, 2.75) is 26.0 Å². The molecule has 0 atom stereocenters. The fourth-order valence-electron chi connectivity index (χ4n) is 3.19. The lowest BCUT2D eigenvalue weighted by Gasteiger charge is -2.38. The molecule has 2 N–H and O–H groups in total. The van der Waals surface area contributed by atoms with Gasteiger partial charge in [-0.1, -0.05) is 30.3 Å². The lowest BCUT2D eigenvalue weighted by molar-refractivity contribution is -0.132. The number of aromatic nitrogens is 1. The Labute approximate surface area is 171 Å². The van der Waals surface area contributed by atoms with E-state index in [2.05, 4.69) is 4.98 Å². The number of thiazole rings is 1. The van der Waals surface area contributed by atoms with Crippen molar-refractivity contribution >= 4 is 28.8 Å². The third-order valence-electron chi connectivity index (χ3n) is 4.63. The van der Waals surface area contributed by atoms with Crippen LogP contribution in [-0.4, -0.2) is 27.6 Å². The molecule has 4 rings (SSSR count). The van der Waals surface area contributed by atoms with E-state index >= 15 is 0 Å². The number of hydrogen-bond acceptors (Lipinski definition) is 6. The molecule has 0 bridgehead atoms. The molecule has 1 aliphatic rings. The summed E-state index contributed by atoms with van der Waals surface area (Å²) in [4.78, 5) is 31.1. The average Bonchev–Trinajstić information content (AvgIpc) is 3.20. The molecule has 8 heteroatoms. The van der Waals surface area contributed by atoms with Crippen LogP contribution in [0, 0.1) is 0 Å². The molecule has 29 heavy (non-hydrogen) atoms. The molecule has 2 amide bonds. The van der Waals surface area contributed by atoms with Crippen LogP contribution in [0.15, 0.2) is 53.9 Å². The summed E-state index contributed by atoms with van der Waals surface area (Å²) in [6, 6.07) is 14.5. The summed E-state index contributed by atoms with van der Waals surface area (Å²) < 4.78 is 5.84. The molecule has 2 aromatic carbocycles. The standard InChI is InChI=1S/C21H19N3O4S/c1-21(2)20(26)24(16-10-14(18(25)23-27)8-9-17(16)28-21)11-15-12-29-19(22-15)13-6-4-3-5-7-13/h3-10,12,27H,11H2,1-2H3,(H,23,25). The quantitative estimate of drug-likeness (QED) is 0.507. The van der Waals surface area contributed by atoms with Crippen molar-refractivity contribution in [3.63, 3.8) is 0 Å². The summed E-state index contributed by atoms with van der Waals surface area (Å²) in [7, 11) is 0. The number of nitrogens with one attached hydrogen (secondary N) is 1. The zero-order chi connectivity index (χ0) is 20.6. The first-order valence-corrected chi connectivity index (χ1v) is 9.86. The molecule has 0 spiro atoms. The summed E-state index contributed by atoms with van der Waals surface area (Å²) in [6.45, 7) is 3.65.